The van der Waals surface area contributed by atoms with E-state index in [1.54, 1.807) is 6.92 Å². The predicted octanol–water partition coefficient (Wildman–Crippen LogP) is 3.74. The maximum absolute atomic E-state index is 13.2. The molecule has 0 aromatic carbocycles. The van der Waals surface area contributed by atoms with Gasteiger partial charge in [-0.3, -0.25) is 0 Å². The van der Waals surface area contributed by atoms with E-state index in [1.807, 2.05) is 20.8 Å². The summed E-state index contributed by atoms with van der Waals surface area (Å²) in [6, 6.07) is 0. The zero-order chi connectivity index (χ0) is 10.2. The largest absolute Gasteiger partial charge is 0.512 e. The van der Waals surface area contributed by atoms with Crippen molar-refractivity contribution in [3.63, 3.8) is 0 Å². The van der Waals surface area contributed by atoms with E-state index >= 15 is 0 Å². The van der Waals surface area contributed by atoms with Crippen LogP contribution in [-0.2, 0) is 0 Å². The minimum atomic E-state index is -0.179. The van der Waals surface area contributed by atoms with Crippen molar-refractivity contribution in [3.05, 3.63) is 23.2 Å². The van der Waals surface area contributed by atoms with Gasteiger partial charge in [0, 0.05) is 12.3 Å². The summed E-state index contributed by atoms with van der Waals surface area (Å²) in [6.07, 6.45) is 1.90. The van der Waals surface area contributed by atoms with Crippen molar-refractivity contribution in [1.82, 2.24) is 0 Å². The monoisotopic (exact) mass is 184 g/mol. The van der Waals surface area contributed by atoms with Crippen LogP contribution >= 0.6 is 0 Å². The van der Waals surface area contributed by atoms with Crippen LogP contribution in [0.5, 0.6) is 0 Å². The zero-order valence-electron chi connectivity index (χ0n) is 8.69. The van der Waals surface area contributed by atoms with Crippen LogP contribution in [0.3, 0.4) is 0 Å². The molecular weight excluding hydrogens is 167 g/mol. The van der Waals surface area contributed by atoms with E-state index in [4.69, 9.17) is 0 Å². The van der Waals surface area contributed by atoms with E-state index in [1.165, 1.54) is 6.08 Å². The van der Waals surface area contributed by atoms with Crippen LogP contribution in [0.2, 0.25) is 0 Å². The van der Waals surface area contributed by atoms with E-state index in [2.05, 4.69) is 0 Å². The molecule has 0 aliphatic heterocycles. The van der Waals surface area contributed by atoms with Gasteiger partial charge in [-0.2, -0.15) is 0 Å². The Balaban J connectivity index is 3.05. The molecule has 0 bridgehead atoms. The van der Waals surface area contributed by atoms with Crippen LogP contribution in [0.1, 0.15) is 34.1 Å². The number of hydrogen-bond acceptors (Lipinski definition) is 1. The van der Waals surface area contributed by atoms with E-state index in [9.17, 15) is 9.50 Å². The zero-order valence-corrected chi connectivity index (χ0v) is 8.69. The Hall–Kier alpha value is -0.790. The first kappa shape index (κ1) is 10.3. The molecule has 0 spiro atoms. The molecule has 1 rings (SSSR count). The van der Waals surface area contributed by atoms with Gasteiger partial charge in [0.25, 0.3) is 0 Å². The smallest absolute Gasteiger partial charge is 0.104 e. The molecule has 1 atom stereocenters. The molecule has 0 saturated carbocycles. The molecular formula is C11H17FO. The summed E-state index contributed by atoms with van der Waals surface area (Å²) >= 11 is 0. The van der Waals surface area contributed by atoms with Crippen molar-refractivity contribution in [2.45, 2.75) is 34.1 Å². The number of rotatable bonds is 0. The highest BCUT2D eigenvalue weighted by molar-refractivity contribution is 5.33. The first-order valence-electron chi connectivity index (χ1n) is 4.62. The SMILES string of the molecule is CC1CC(O)=C(C(C)(C)C)C=C1F. The van der Waals surface area contributed by atoms with E-state index in [-0.39, 0.29) is 17.2 Å². The molecule has 1 N–H and O–H groups in total. The fourth-order valence-electron chi connectivity index (χ4n) is 1.51. The maximum atomic E-state index is 13.2. The lowest BCUT2D eigenvalue weighted by Gasteiger charge is -2.26. The molecule has 0 heterocycles. The summed E-state index contributed by atoms with van der Waals surface area (Å²) in [6.45, 7) is 7.69. The third-order valence-corrected chi connectivity index (χ3v) is 2.37. The van der Waals surface area contributed by atoms with Gasteiger partial charge in [0.2, 0.25) is 0 Å². The van der Waals surface area contributed by atoms with Crippen LogP contribution in [0.4, 0.5) is 4.39 Å². The van der Waals surface area contributed by atoms with Gasteiger partial charge >= 0.3 is 0 Å². The van der Waals surface area contributed by atoms with E-state index in [0.717, 1.165) is 5.57 Å². The molecule has 74 valence electrons. The van der Waals surface area contributed by atoms with Crippen LogP contribution in [0, 0.1) is 11.3 Å². The van der Waals surface area contributed by atoms with Crippen molar-refractivity contribution >= 4 is 0 Å². The second kappa shape index (κ2) is 3.17. The van der Waals surface area contributed by atoms with Gasteiger partial charge in [-0.15, -0.1) is 0 Å². The van der Waals surface area contributed by atoms with Crippen molar-refractivity contribution < 1.29 is 9.50 Å². The predicted molar refractivity (Wildman–Crippen MR) is 52.1 cm³/mol. The Kier molecular flexibility index (Phi) is 2.51. The highest BCUT2D eigenvalue weighted by Crippen LogP contribution is 2.37. The molecule has 1 unspecified atom stereocenters. The molecule has 0 saturated heterocycles. The number of aliphatic hydroxyl groups is 1. The van der Waals surface area contributed by atoms with Gasteiger partial charge in [-0.25, -0.2) is 4.39 Å². The number of hydrogen-bond donors (Lipinski definition) is 1. The van der Waals surface area contributed by atoms with Crippen molar-refractivity contribution in [2.75, 3.05) is 0 Å². The molecule has 0 aromatic heterocycles. The van der Waals surface area contributed by atoms with Gasteiger partial charge in [0.1, 0.15) is 5.83 Å². The lowest BCUT2D eigenvalue weighted by molar-refractivity contribution is 0.319. The number of allylic oxidation sites excluding steroid dienone is 4. The normalized spacial score (nSPS) is 24.7. The van der Waals surface area contributed by atoms with Crippen LogP contribution in [0.25, 0.3) is 0 Å². The summed E-state index contributed by atoms with van der Waals surface area (Å²) in [4.78, 5) is 0. The van der Waals surface area contributed by atoms with Gasteiger partial charge in [0.05, 0.1) is 5.76 Å². The highest BCUT2D eigenvalue weighted by Gasteiger charge is 2.26. The second-order valence-electron chi connectivity index (χ2n) is 4.74. The summed E-state index contributed by atoms with van der Waals surface area (Å²) in [5.41, 5.74) is 0.546. The highest BCUT2D eigenvalue weighted by atomic mass is 19.1. The molecule has 0 radical (unpaired) electrons. The topological polar surface area (TPSA) is 20.2 Å². The average Bonchev–Trinajstić information content (AvgIpc) is 1.94. The average molecular weight is 184 g/mol. The Bertz CT molecular complexity index is 268. The fourth-order valence-corrected chi connectivity index (χ4v) is 1.51. The fraction of sp³-hybridized carbons (Fsp3) is 0.636. The third kappa shape index (κ3) is 2.11. The summed E-state index contributed by atoms with van der Waals surface area (Å²) in [5, 5.41) is 9.66. The minimum absolute atomic E-state index is 0.122. The third-order valence-electron chi connectivity index (χ3n) is 2.37. The minimum Gasteiger partial charge on any atom is -0.512 e. The summed E-state index contributed by atoms with van der Waals surface area (Å²) in [7, 11) is 0. The Labute approximate surface area is 79.0 Å². The van der Waals surface area contributed by atoms with Gasteiger partial charge < -0.3 is 5.11 Å². The molecule has 1 nitrogen and oxygen atoms in total. The van der Waals surface area contributed by atoms with Gasteiger partial charge in [-0.1, -0.05) is 27.7 Å². The molecule has 1 aliphatic rings. The van der Waals surface area contributed by atoms with Crippen LogP contribution < -0.4 is 0 Å². The van der Waals surface area contributed by atoms with E-state index in [0.29, 0.717) is 12.2 Å². The van der Waals surface area contributed by atoms with Crippen molar-refractivity contribution in [3.8, 4) is 0 Å². The molecule has 0 fully saturated rings. The molecule has 0 amide bonds. The second-order valence-corrected chi connectivity index (χ2v) is 4.74. The Morgan fingerprint density at radius 1 is 1.46 bits per heavy atom. The van der Waals surface area contributed by atoms with Gasteiger partial charge in [0.15, 0.2) is 0 Å². The Morgan fingerprint density at radius 3 is 2.46 bits per heavy atom. The molecule has 13 heavy (non-hydrogen) atoms. The van der Waals surface area contributed by atoms with Crippen LogP contribution in [-0.4, -0.2) is 5.11 Å². The van der Waals surface area contributed by atoms with Crippen molar-refractivity contribution in [1.29, 1.82) is 0 Å². The standard InChI is InChI=1S/C11H17FO/c1-7-5-10(13)8(6-9(7)12)11(2,3)4/h6-7,13H,5H2,1-4H3. The Morgan fingerprint density at radius 2 is 2.00 bits per heavy atom. The molecule has 1 aliphatic carbocycles. The van der Waals surface area contributed by atoms with Gasteiger partial charge in [-0.05, 0) is 17.1 Å². The number of halogens is 1. The lowest BCUT2D eigenvalue weighted by atomic mass is 9.80. The van der Waals surface area contributed by atoms with E-state index < -0.39 is 0 Å². The first-order chi connectivity index (χ1) is 5.82. The van der Waals surface area contributed by atoms with Crippen LogP contribution in [0.15, 0.2) is 23.2 Å². The lowest BCUT2D eigenvalue weighted by Crippen LogP contribution is -2.16. The first-order valence-corrected chi connectivity index (χ1v) is 4.62. The molecule has 2 heteroatoms. The van der Waals surface area contributed by atoms with Crippen molar-refractivity contribution in [2.24, 2.45) is 11.3 Å². The molecule has 0 aromatic rings. The summed E-state index contributed by atoms with van der Waals surface area (Å²) < 4.78 is 13.2. The quantitative estimate of drug-likeness (QED) is 0.608. The summed E-state index contributed by atoms with van der Waals surface area (Å²) in [5.74, 6) is 0.0372. The maximum Gasteiger partial charge on any atom is 0.104 e. The number of aliphatic hydroxyl groups excluding tert-OH is 1.